The first kappa shape index (κ1) is 7.13. The molecule has 0 unspecified atom stereocenters. The number of hydrogen-bond donors (Lipinski definition) is 1. The van der Waals surface area contributed by atoms with Crippen LogP contribution in [-0.4, -0.2) is 29.8 Å². The van der Waals surface area contributed by atoms with E-state index >= 15 is 0 Å². The maximum absolute atomic E-state index is 11.3. The molecule has 0 radical (unpaired) electrons. The predicted molar refractivity (Wildman–Crippen MR) is 46.7 cm³/mol. The summed E-state index contributed by atoms with van der Waals surface area (Å²) in [4.78, 5) is 17.7. The highest BCUT2D eigenvalue weighted by Crippen LogP contribution is 2.04. The lowest BCUT2D eigenvalue weighted by molar-refractivity contribution is 0.933. The highest BCUT2D eigenvalue weighted by Gasteiger charge is 2.05. The molecule has 0 aliphatic carbocycles. The summed E-state index contributed by atoms with van der Waals surface area (Å²) in [6.45, 7) is 0. The van der Waals surface area contributed by atoms with Crippen LogP contribution in [0, 0.1) is 0 Å². The molecule has 0 atom stereocenters. The van der Waals surface area contributed by atoms with Crippen LogP contribution in [0.25, 0.3) is 16.8 Å². The van der Waals surface area contributed by atoms with E-state index in [9.17, 15) is 4.79 Å². The first-order valence-corrected chi connectivity index (χ1v) is 3.90. The van der Waals surface area contributed by atoms with Crippen LogP contribution in [0.1, 0.15) is 0 Å². The number of aromatic nitrogens is 6. The Labute approximate surface area is 76.4 Å². The Balaban J connectivity index is 2.71. The van der Waals surface area contributed by atoms with Gasteiger partial charge in [0.05, 0.1) is 0 Å². The van der Waals surface area contributed by atoms with Gasteiger partial charge in [0.15, 0.2) is 5.52 Å². The molecule has 68 valence electrons. The van der Waals surface area contributed by atoms with E-state index in [0.717, 1.165) is 0 Å². The molecule has 0 aromatic carbocycles. The second-order valence-electron chi connectivity index (χ2n) is 2.71. The first-order chi connectivity index (χ1) is 6.86. The molecule has 14 heavy (non-hydrogen) atoms. The van der Waals surface area contributed by atoms with Gasteiger partial charge in [0.25, 0.3) is 11.3 Å². The summed E-state index contributed by atoms with van der Waals surface area (Å²) < 4.78 is 1.47. The lowest BCUT2D eigenvalue weighted by atomic mass is 10.4. The Morgan fingerprint density at radius 3 is 3.21 bits per heavy atom. The molecule has 0 aliphatic rings. The average Bonchev–Trinajstić information content (AvgIpc) is 2.66. The van der Waals surface area contributed by atoms with Crippen LogP contribution in [0.3, 0.4) is 0 Å². The monoisotopic (exact) mass is 188 g/mol. The van der Waals surface area contributed by atoms with Gasteiger partial charge in [-0.15, -0.1) is 10.2 Å². The number of fused-ring (bicyclic) bond motifs is 3. The third-order valence-corrected chi connectivity index (χ3v) is 1.91. The van der Waals surface area contributed by atoms with Crippen molar-refractivity contribution in [2.24, 2.45) is 0 Å². The number of pyridine rings is 1. The van der Waals surface area contributed by atoms with Gasteiger partial charge in [-0.3, -0.25) is 4.79 Å². The molecule has 3 rings (SSSR count). The lowest BCUT2D eigenvalue weighted by Gasteiger charge is -1.95. The van der Waals surface area contributed by atoms with Crippen molar-refractivity contribution in [3.8, 4) is 0 Å². The van der Waals surface area contributed by atoms with Crippen molar-refractivity contribution in [1.82, 2.24) is 29.8 Å². The molecule has 0 fully saturated rings. The maximum atomic E-state index is 11.3. The van der Waals surface area contributed by atoms with Gasteiger partial charge in [0, 0.05) is 6.20 Å². The molecule has 0 spiro atoms. The molecular formula is C7H4N6O. The van der Waals surface area contributed by atoms with Crippen molar-refractivity contribution in [1.29, 1.82) is 0 Å². The third kappa shape index (κ3) is 0.777. The fourth-order valence-corrected chi connectivity index (χ4v) is 1.30. The van der Waals surface area contributed by atoms with Gasteiger partial charge in [-0.05, 0) is 6.07 Å². The van der Waals surface area contributed by atoms with Crippen molar-refractivity contribution in [2.75, 3.05) is 0 Å². The van der Waals surface area contributed by atoms with E-state index < -0.39 is 0 Å². The van der Waals surface area contributed by atoms with E-state index in [1.807, 2.05) is 0 Å². The van der Waals surface area contributed by atoms with Crippen LogP contribution in [0.2, 0.25) is 0 Å². The fourth-order valence-electron chi connectivity index (χ4n) is 1.30. The van der Waals surface area contributed by atoms with Crippen molar-refractivity contribution in [3.63, 3.8) is 0 Å². The zero-order valence-corrected chi connectivity index (χ0v) is 6.88. The van der Waals surface area contributed by atoms with Gasteiger partial charge in [-0.1, -0.05) is 0 Å². The average molecular weight is 188 g/mol. The van der Waals surface area contributed by atoms with Gasteiger partial charge >= 0.3 is 0 Å². The number of rotatable bonds is 0. The summed E-state index contributed by atoms with van der Waals surface area (Å²) in [5.41, 5.74) is 0.564. The summed E-state index contributed by atoms with van der Waals surface area (Å²) in [7, 11) is 0. The minimum absolute atomic E-state index is 0.255. The number of H-pyrrole nitrogens is 1. The number of hydrogen-bond acceptors (Lipinski definition) is 5. The summed E-state index contributed by atoms with van der Waals surface area (Å²) >= 11 is 0. The molecule has 0 aliphatic heterocycles. The Kier molecular flexibility index (Phi) is 1.19. The molecule has 1 N–H and O–H groups in total. The van der Waals surface area contributed by atoms with Crippen molar-refractivity contribution >= 4 is 16.8 Å². The fraction of sp³-hybridized carbons (Fsp3) is 0. The SMILES string of the molecule is O=c1[nH]ccc2c1nnc1ncnn12. The van der Waals surface area contributed by atoms with Gasteiger partial charge in [0.2, 0.25) is 0 Å². The number of nitrogens with zero attached hydrogens (tertiary/aromatic N) is 5. The second-order valence-corrected chi connectivity index (χ2v) is 2.71. The molecule has 3 heterocycles. The van der Waals surface area contributed by atoms with Gasteiger partial charge in [0.1, 0.15) is 11.8 Å². The Bertz CT molecular complexity index is 668. The van der Waals surface area contributed by atoms with E-state index in [1.165, 1.54) is 17.0 Å². The van der Waals surface area contributed by atoms with Gasteiger partial charge < -0.3 is 4.98 Å². The van der Waals surface area contributed by atoms with Gasteiger partial charge in [-0.25, -0.2) is 0 Å². The van der Waals surface area contributed by atoms with Crippen LogP contribution in [0.15, 0.2) is 23.4 Å². The van der Waals surface area contributed by atoms with E-state index in [-0.39, 0.29) is 11.1 Å². The minimum Gasteiger partial charge on any atom is -0.327 e. The Hall–Kier alpha value is -2.31. The van der Waals surface area contributed by atoms with Crippen LogP contribution in [-0.2, 0) is 0 Å². The van der Waals surface area contributed by atoms with Gasteiger partial charge in [-0.2, -0.15) is 14.6 Å². The summed E-state index contributed by atoms with van der Waals surface area (Å²) in [5.74, 6) is 0.378. The predicted octanol–water partition coefficient (Wildman–Crippen LogP) is -0.639. The summed E-state index contributed by atoms with van der Waals surface area (Å²) in [5, 5.41) is 11.5. The van der Waals surface area contributed by atoms with E-state index in [0.29, 0.717) is 11.3 Å². The van der Waals surface area contributed by atoms with E-state index in [1.54, 1.807) is 6.07 Å². The standard InChI is InChI=1S/C7H4N6O/c14-6-5-4(1-2-8-6)13-7(12-11-5)9-3-10-13/h1-3H,(H,8,14). The molecule has 0 bridgehead atoms. The van der Waals surface area contributed by atoms with Crippen molar-refractivity contribution < 1.29 is 0 Å². The maximum Gasteiger partial charge on any atom is 0.277 e. The van der Waals surface area contributed by atoms with Crippen molar-refractivity contribution in [2.45, 2.75) is 0 Å². The van der Waals surface area contributed by atoms with Crippen LogP contribution in [0.5, 0.6) is 0 Å². The number of nitrogens with one attached hydrogen (secondary N) is 1. The van der Waals surface area contributed by atoms with Crippen LogP contribution in [0.4, 0.5) is 0 Å². The van der Waals surface area contributed by atoms with Crippen LogP contribution < -0.4 is 5.56 Å². The normalized spacial score (nSPS) is 11.1. The smallest absolute Gasteiger partial charge is 0.277 e. The lowest BCUT2D eigenvalue weighted by Crippen LogP contribution is -2.10. The first-order valence-electron chi connectivity index (χ1n) is 3.90. The highest BCUT2D eigenvalue weighted by atomic mass is 16.1. The topological polar surface area (TPSA) is 88.8 Å². The quantitative estimate of drug-likeness (QED) is 0.507. The molecule has 0 saturated heterocycles. The summed E-state index contributed by atoms with van der Waals surface area (Å²) in [6, 6.07) is 1.70. The largest absolute Gasteiger partial charge is 0.327 e. The number of aromatic amines is 1. The molecule has 0 saturated carbocycles. The van der Waals surface area contributed by atoms with Crippen molar-refractivity contribution in [3.05, 3.63) is 28.9 Å². The zero-order chi connectivity index (χ0) is 9.54. The highest BCUT2D eigenvalue weighted by molar-refractivity contribution is 5.73. The molecule has 7 heteroatoms. The third-order valence-electron chi connectivity index (χ3n) is 1.91. The van der Waals surface area contributed by atoms with E-state index in [4.69, 9.17) is 0 Å². The van der Waals surface area contributed by atoms with E-state index in [2.05, 4.69) is 25.3 Å². The summed E-state index contributed by atoms with van der Waals surface area (Å²) in [6.07, 6.45) is 2.90. The zero-order valence-electron chi connectivity index (χ0n) is 6.88. The minimum atomic E-state index is -0.285. The molecule has 3 aromatic rings. The molecule has 0 amide bonds. The molecule has 7 nitrogen and oxygen atoms in total. The van der Waals surface area contributed by atoms with Crippen LogP contribution >= 0.6 is 0 Å². The Morgan fingerprint density at radius 2 is 2.29 bits per heavy atom. The Morgan fingerprint density at radius 1 is 1.36 bits per heavy atom. The second kappa shape index (κ2) is 2.34. The molecule has 3 aromatic heterocycles. The molecular weight excluding hydrogens is 184 g/mol.